The van der Waals surface area contributed by atoms with Crippen LogP contribution in [0.2, 0.25) is 0 Å². The van der Waals surface area contributed by atoms with E-state index in [2.05, 4.69) is 35.7 Å². The maximum absolute atomic E-state index is 3.77. The molecule has 1 aliphatic heterocycles. The summed E-state index contributed by atoms with van der Waals surface area (Å²) in [5, 5.41) is 0. The van der Waals surface area contributed by atoms with Crippen molar-refractivity contribution in [2.24, 2.45) is 0 Å². The molecule has 0 aromatic heterocycles. The number of hydrogen-bond donors (Lipinski definition) is 0. The summed E-state index contributed by atoms with van der Waals surface area (Å²) in [5.74, 6) is 0. The number of nitrogens with zero attached hydrogens (tertiary/aromatic N) is 1. The first-order valence-corrected chi connectivity index (χ1v) is 6.32. The number of hydrogen-bond acceptors (Lipinski definition) is 1. The molecule has 1 aromatic carbocycles. The van der Waals surface area contributed by atoms with E-state index in [1.807, 2.05) is 6.08 Å². The molecule has 0 spiro atoms. The fourth-order valence-electron chi connectivity index (χ4n) is 2.29. The van der Waals surface area contributed by atoms with Crippen molar-refractivity contribution in [2.45, 2.75) is 25.7 Å². The Hall–Kier alpha value is -1.08. The smallest absolute Gasteiger partial charge is 0.00218 e. The maximum Gasteiger partial charge on any atom is 0.00218 e. The van der Waals surface area contributed by atoms with Gasteiger partial charge in [0.05, 0.1) is 0 Å². The van der Waals surface area contributed by atoms with E-state index in [4.69, 9.17) is 0 Å². The van der Waals surface area contributed by atoms with Gasteiger partial charge in [-0.2, -0.15) is 0 Å². The van der Waals surface area contributed by atoms with Crippen LogP contribution in [0.5, 0.6) is 0 Å². The van der Waals surface area contributed by atoms with Crippen molar-refractivity contribution in [3.63, 3.8) is 0 Å². The Labute approximate surface area is 98.8 Å². The normalized spacial score (nSPS) is 17.2. The van der Waals surface area contributed by atoms with E-state index in [9.17, 15) is 0 Å². The average molecular weight is 215 g/mol. The zero-order valence-corrected chi connectivity index (χ0v) is 9.99. The summed E-state index contributed by atoms with van der Waals surface area (Å²) < 4.78 is 0. The van der Waals surface area contributed by atoms with E-state index in [-0.39, 0.29) is 0 Å². The molecule has 2 rings (SSSR count). The Morgan fingerprint density at radius 3 is 2.38 bits per heavy atom. The van der Waals surface area contributed by atoms with Crippen LogP contribution in [0.15, 0.2) is 30.8 Å². The highest BCUT2D eigenvalue weighted by Crippen LogP contribution is 2.11. The molecule has 0 saturated carbocycles. The predicted octanol–water partition coefficient (Wildman–Crippen LogP) is 3.36. The van der Waals surface area contributed by atoms with Crippen LogP contribution in [-0.4, -0.2) is 24.5 Å². The topological polar surface area (TPSA) is 3.24 Å². The zero-order chi connectivity index (χ0) is 11.2. The molecule has 1 saturated heterocycles. The van der Waals surface area contributed by atoms with Crippen LogP contribution >= 0.6 is 0 Å². The third kappa shape index (κ3) is 3.21. The van der Waals surface area contributed by atoms with Gasteiger partial charge < -0.3 is 4.90 Å². The second kappa shape index (κ2) is 5.86. The third-order valence-electron chi connectivity index (χ3n) is 3.38. The third-order valence-corrected chi connectivity index (χ3v) is 3.38. The van der Waals surface area contributed by atoms with Gasteiger partial charge in [0.1, 0.15) is 0 Å². The molecule has 0 radical (unpaired) electrons. The highest BCUT2D eigenvalue weighted by Gasteiger charge is 2.09. The monoisotopic (exact) mass is 215 g/mol. The van der Waals surface area contributed by atoms with E-state index in [1.54, 1.807) is 0 Å². The van der Waals surface area contributed by atoms with E-state index in [0.29, 0.717) is 0 Å². The largest absolute Gasteiger partial charge is 0.303 e. The van der Waals surface area contributed by atoms with Crippen LogP contribution in [-0.2, 0) is 6.42 Å². The first-order valence-electron chi connectivity index (χ1n) is 6.32. The van der Waals surface area contributed by atoms with Gasteiger partial charge in [-0.1, -0.05) is 43.3 Å². The van der Waals surface area contributed by atoms with Crippen LogP contribution < -0.4 is 0 Å². The van der Waals surface area contributed by atoms with Crippen molar-refractivity contribution in [2.75, 3.05) is 19.6 Å². The summed E-state index contributed by atoms with van der Waals surface area (Å²) in [6, 6.07) is 8.75. The van der Waals surface area contributed by atoms with Crippen LogP contribution in [0, 0.1) is 0 Å². The Morgan fingerprint density at radius 2 is 1.75 bits per heavy atom. The fourth-order valence-corrected chi connectivity index (χ4v) is 2.29. The van der Waals surface area contributed by atoms with E-state index >= 15 is 0 Å². The zero-order valence-electron chi connectivity index (χ0n) is 9.99. The molecule has 1 aromatic rings. The number of likely N-dealkylation sites (tertiary alicyclic amines) is 1. The number of piperidine rings is 1. The minimum atomic E-state index is 1.18. The summed E-state index contributed by atoms with van der Waals surface area (Å²) in [7, 11) is 0. The van der Waals surface area contributed by atoms with E-state index in [1.165, 1.54) is 56.4 Å². The maximum atomic E-state index is 3.77. The second-order valence-electron chi connectivity index (χ2n) is 4.60. The molecular formula is C15H21N. The molecule has 0 amide bonds. The highest BCUT2D eigenvalue weighted by molar-refractivity contribution is 5.47. The van der Waals surface area contributed by atoms with Gasteiger partial charge in [0, 0.05) is 6.54 Å². The van der Waals surface area contributed by atoms with Gasteiger partial charge in [0.25, 0.3) is 0 Å². The minimum absolute atomic E-state index is 1.18. The Kier molecular flexibility index (Phi) is 4.17. The predicted molar refractivity (Wildman–Crippen MR) is 70.5 cm³/mol. The van der Waals surface area contributed by atoms with Gasteiger partial charge in [0.2, 0.25) is 0 Å². The lowest BCUT2D eigenvalue weighted by atomic mass is 10.1. The van der Waals surface area contributed by atoms with Crippen molar-refractivity contribution in [1.82, 2.24) is 4.90 Å². The molecule has 16 heavy (non-hydrogen) atoms. The summed E-state index contributed by atoms with van der Waals surface area (Å²) in [6.07, 6.45) is 7.27. The Morgan fingerprint density at radius 1 is 1.06 bits per heavy atom. The molecular weight excluding hydrogens is 194 g/mol. The molecule has 1 heteroatoms. The average Bonchev–Trinajstić information content (AvgIpc) is 2.38. The first-order chi connectivity index (χ1) is 7.88. The van der Waals surface area contributed by atoms with Crippen molar-refractivity contribution in [3.05, 3.63) is 42.0 Å². The van der Waals surface area contributed by atoms with Crippen LogP contribution in [0.1, 0.15) is 30.4 Å². The van der Waals surface area contributed by atoms with Gasteiger partial charge in [-0.3, -0.25) is 0 Å². The fraction of sp³-hybridized carbons (Fsp3) is 0.467. The lowest BCUT2D eigenvalue weighted by Gasteiger charge is -2.26. The second-order valence-corrected chi connectivity index (χ2v) is 4.60. The minimum Gasteiger partial charge on any atom is -0.303 e. The molecule has 0 aliphatic carbocycles. The van der Waals surface area contributed by atoms with Crippen molar-refractivity contribution >= 4 is 6.08 Å². The van der Waals surface area contributed by atoms with Gasteiger partial charge >= 0.3 is 0 Å². The molecule has 0 N–H and O–H groups in total. The van der Waals surface area contributed by atoms with Crippen molar-refractivity contribution < 1.29 is 0 Å². The summed E-state index contributed by atoms with van der Waals surface area (Å²) in [6.45, 7) is 7.58. The molecule has 1 heterocycles. The van der Waals surface area contributed by atoms with Crippen molar-refractivity contribution in [1.29, 1.82) is 0 Å². The van der Waals surface area contributed by atoms with Crippen LogP contribution in [0.4, 0.5) is 0 Å². The number of rotatable bonds is 4. The Bertz CT molecular complexity index is 320. The summed E-state index contributed by atoms with van der Waals surface area (Å²) >= 11 is 0. The molecule has 86 valence electrons. The highest BCUT2D eigenvalue weighted by atomic mass is 15.1. The SMILES string of the molecule is C=Cc1ccc(CCN2CCCCC2)cc1. The molecule has 0 unspecified atom stereocenters. The molecule has 1 fully saturated rings. The molecule has 0 bridgehead atoms. The molecule has 0 atom stereocenters. The summed E-state index contributed by atoms with van der Waals surface area (Å²) in [5.41, 5.74) is 2.65. The van der Waals surface area contributed by atoms with E-state index < -0.39 is 0 Å². The van der Waals surface area contributed by atoms with Gasteiger partial charge in [0.15, 0.2) is 0 Å². The lowest BCUT2D eigenvalue weighted by Crippen LogP contribution is -2.31. The van der Waals surface area contributed by atoms with Gasteiger partial charge in [-0.25, -0.2) is 0 Å². The van der Waals surface area contributed by atoms with E-state index in [0.717, 1.165) is 0 Å². The quantitative estimate of drug-likeness (QED) is 0.744. The van der Waals surface area contributed by atoms with Crippen LogP contribution in [0.3, 0.4) is 0 Å². The Balaban J connectivity index is 1.81. The number of benzene rings is 1. The van der Waals surface area contributed by atoms with Crippen molar-refractivity contribution in [3.8, 4) is 0 Å². The van der Waals surface area contributed by atoms with Gasteiger partial charge in [-0.15, -0.1) is 0 Å². The standard InChI is InChI=1S/C15H21N/c1-2-14-6-8-15(9-7-14)10-13-16-11-4-3-5-12-16/h2,6-9H,1,3-5,10-13H2. The molecule has 1 nitrogen and oxygen atoms in total. The van der Waals surface area contributed by atoms with Gasteiger partial charge in [-0.05, 0) is 43.5 Å². The molecule has 1 aliphatic rings. The first kappa shape index (κ1) is 11.4. The van der Waals surface area contributed by atoms with Crippen LogP contribution in [0.25, 0.3) is 6.08 Å². The summed E-state index contributed by atoms with van der Waals surface area (Å²) in [4.78, 5) is 2.59. The lowest BCUT2D eigenvalue weighted by molar-refractivity contribution is 0.231.